The van der Waals surface area contributed by atoms with Crippen molar-refractivity contribution >= 4 is 40.8 Å². The van der Waals surface area contributed by atoms with E-state index in [1.54, 1.807) is 12.1 Å². The number of nitrogens with one attached hydrogen (secondary N) is 1. The van der Waals surface area contributed by atoms with E-state index in [1.165, 1.54) is 11.5 Å². The number of nitrogen functional groups attached to an aromatic ring is 1. The highest BCUT2D eigenvalue weighted by molar-refractivity contribution is 8.06. The van der Waals surface area contributed by atoms with Gasteiger partial charge in [-0.15, -0.1) is 0 Å². The molecular weight excluding hydrogens is 266 g/mol. The Morgan fingerprint density at radius 3 is 2.94 bits per heavy atom. The minimum Gasteiger partial charge on any atom is -0.396 e. The molecule has 0 aliphatic carbocycles. The van der Waals surface area contributed by atoms with Crippen LogP contribution in [0.2, 0.25) is 0 Å². The number of carbonyl (C=O) groups is 1. The summed E-state index contributed by atoms with van der Waals surface area (Å²) in [4.78, 5) is 11.2. The zero-order valence-electron chi connectivity index (χ0n) is 10.0. The molecule has 6 heteroatoms. The van der Waals surface area contributed by atoms with Crippen molar-refractivity contribution in [2.45, 2.75) is 5.25 Å². The van der Waals surface area contributed by atoms with Crippen LogP contribution in [-0.4, -0.2) is 35.0 Å². The monoisotopic (exact) mass is 283 g/mol. The van der Waals surface area contributed by atoms with Gasteiger partial charge in [0.15, 0.2) is 0 Å². The predicted octanol–water partition coefficient (Wildman–Crippen LogP) is 1.63. The van der Waals surface area contributed by atoms with Gasteiger partial charge >= 0.3 is 0 Å². The van der Waals surface area contributed by atoms with Crippen LogP contribution >= 0.6 is 23.5 Å². The first-order valence-corrected chi connectivity index (χ1v) is 8.00. The molecule has 0 bridgehead atoms. The average molecular weight is 283 g/mol. The number of amides is 1. The van der Waals surface area contributed by atoms with Crippen LogP contribution in [-0.2, 0) is 0 Å². The van der Waals surface area contributed by atoms with E-state index in [1.807, 2.05) is 29.6 Å². The number of carbonyl (C=O) groups excluding carboxylic acids is 1. The van der Waals surface area contributed by atoms with E-state index in [-0.39, 0.29) is 0 Å². The first-order valence-electron chi connectivity index (χ1n) is 5.80. The molecule has 1 unspecified atom stereocenters. The second-order valence-electron chi connectivity index (χ2n) is 4.08. The molecule has 2 rings (SSSR count). The Labute approximate surface area is 115 Å². The summed E-state index contributed by atoms with van der Waals surface area (Å²) in [6.07, 6.45) is 0. The molecule has 1 aromatic rings. The van der Waals surface area contributed by atoms with Gasteiger partial charge in [0.1, 0.15) is 0 Å². The first kappa shape index (κ1) is 13.4. The number of anilines is 2. The number of benzene rings is 1. The molecule has 1 heterocycles. The number of thioether (sulfide) groups is 2. The van der Waals surface area contributed by atoms with Gasteiger partial charge in [-0.1, -0.05) is 6.07 Å². The molecule has 0 spiro atoms. The number of hydrogen-bond acceptors (Lipinski definition) is 5. The number of rotatable bonds is 4. The van der Waals surface area contributed by atoms with Gasteiger partial charge in [0.2, 0.25) is 0 Å². The minimum atomic E-state index is -0.487. The van der Waals surface area contributed by atoms with Gasteiger partial charge in [-0.2, -0.15) is 23.5 Å². The van der Waals surface area contributed by atoms with Crippen LogP contribution in [0.5, 0.6) is 0 Å². The molecule has 98 valence electrons. The lowest BCUT2D eigenvalue weighted by molar-refractivity contribution is 0.100. The Morgan fingerprint density at radius 2 is 2.28 bits per heavy atom. The summed E-state index contributed by atoms with van der Waals surface area (Å²) >= 11 is 3.97. The Balaban J connectivity index is 2.00. The van der Waals surface area contributed by atoms with Gasteiger partial charge in [0, 0.05) is 29.1 Å². The Hall–Kier alpha value is -1.01. The topological polar surface area (TPSA) is 81.1 Å². The van der Waals surface area contributed by atoms with Crippen molar-refractivity contribution in [1.82, 2.24) is 0 Å². The highest BCUT2D eigenvalue weighted by Crippen LogP contribution is 2.26. The molecule has 1 amide bonds. The molecule has 0 aromatic heterocycles. The average Bonchev–Trinajstić information content (AvgIpc) is 2.38. The Kier molecular flexibility index (Phi) is 4.66. The van der Waals surface area contributed by atoms with Gasteiger partial charge in [-0.25, -0.2) is 0 Å². The third kappa shape index (κ3) is 3.26. The van der Waals surface area contributed by atoms with Crippen molar-refractivity contribution < 1.29 is 4.79 Å². The number of primary amides is 1. The maximum Gasteiger partial charge on any atom is 0.250 e. The van der Waals surface area contributed by atoms with Gasteiger partial charge in [0.25, 0.3) is 5.91 Å². The molecule has 1 atom stereocenters. The van der Waals surface area contributed by atoms with E-state index in [9.17, 15) is 4.79 Å². The lowest BCUT2D eigenvalue weighted by Crippen LogP contribution is -2.24. The lowest BCUT2D eigenvalue weighted by Gasteiger charge is -2.22. The molecule has 18 heavy (non-hydrogen) atoms. The third-order valence-electron chi connectivity index (χ3n) is 2.78. The van der Waals surface area contributed by atoms with Gasteiger partial charge in [-0.05, 0) is 12.1 Å². The van der Waals surface area contributed by atoms with E-state index in [4.69, 9.17) is 11.5 Å². The standard InChI is InChI=1S/C12H17N3OS2/c13-11-9(12(14)16)2-1-3-10(11)15-6-8-7-17-4-5-18-8/h1-3,8,15H,4-7,13H2,(H2,14,16). The van der Waals surface area contributed by atoms with Crippen LogP contribution in [0.4, 0.5) is 11.4 Å². The summed E-state index contributed by atoms with van der Waals surface area (Å²) in [7, 11) is 0. The van der Waals surface area contributed by atoms with E-state index in [0.717, 1.165) is 18.0 Å². The van der Waals surface area contributed by atoms with Crippen molar-refractivity contribution in [2.24, 2.45) is 5.73 Å². The Morgan fingerprint density at radius 1 is 1.44 bits per heavy atom. The second kappa shape index (κ2) is 6.24. The fourth-order valence-corrected chi connectivity index (χ4v) is 4.42. The number of hydrogen-bond donors (Lipinski definition) is 3. The molecule has 1 fully saturated rings. The normalized spacial score (nSPS) is 19.4. The van der Waals surface area contributed by atoms with Gasteiger partial charge in [-0.3, -0.25) is 4.79 Å². The van der Waals surface area contributed by atoms with Crippen LogP contribution in [0.25, 0.3) is 0 Å². The summed E-state index contributed by atoms with van der Waals surface area (Å²) in [5.41, 5.74) is 12.8. The van der Waals surface area contributed by atoms with Crippen LogP contribution in [0.1, 0.15) is 10.4 Å². The van der Waals surface area contributed by atoms with Crippen molar-refractivity contribution in [3.8, 4) is 0 Å². The maximum absolute atomic E-state index is 11.2. The van der Waals surface area contributed by atoms with Gasteiger partial charge < -0.3 is 16.8 Å². The Bertz CT molecular complexity index is 433. The van der Waals surface area contributed by atoms with E-state index >= 15 is 0 Å². The van der Waals surface area contributed by atoms with Crippen molar-refractivity contribution in [1.29, 1.82) is 0 Å². The summed E-state index contributed by atoms with van der Waals surface area (Å²) < 4.78 is 0. The second-order valence-corrected chi connectivity index (χ2v) is 6.64. The van der Waals surface area contributed by atoms with Gasteiger partial charge in [0.05, 0.1) is 16.9 Å². The summed E-state index contributed by atoms with van der Waals surface area (Å²) in [5, 5.41) is 3.91. The fraction of sp³-hybridized carbons (Fsp3) is 0.417. The minimum absolute atomic E-state index is 0.380. The molecule has 5 N–H and O–H groups in total. The lowest BCUT2D eigenvalue weighted by atomic mass is 10.1. The van der Waals surface area contributed by atoms with Crippen LogP contribution in [0.3, 0.4) is 0 Å². The molecule has 0 saturated carbocycles. The van der Waals surface area contributed by atoms with Crippen LogP contribution < -0.4 is 16.8 Å². The molecule has 4 nitrogen and oxygen atoms in total. The van der Waals surface area contributed by atoms with E-state index in [0.29, 0.717) is 16.5 Å². The predicted molar refractivity (Wildman–Crippen MR) is 81.4 cm³/mol. The molecule has 1 aliphatic heterocycles. The summed E-state index contributed by atoms with van der Waals surface area (Å²) in [6.45, 7) is 0.865. The van der Waals surface area contributed by atoms with Crippen molar-refractivity contribution in [3.63, 3.8) is 0 Å². The van der Waals surface area contributed by atoms with Crippen molar-refractivity contribution in [2.75, 3.05) is 34.9 Å². The maximum atomic E-state index is 11.2. The number of nitrogens with two attached hydrogens (primary N) is 2. The molecule has 1 saturated heterocycles. The largest absolute Gasteiger partial charge is 0.396 e. The quantitative estimate of drug-likeness (QED) is 0.732. The molecule has 0 radical (unpaired) electrons. The SMILES string of the molecule is NC(=O)c1cccc(NCC2CSCCS2)c1N. The zero-order chi connectivity index (χ0) is 13.0. The molecule has 1 aliphatic rings. The highest BCUT2D eigenvalue weighted by atomic mass is 32.2. The van der Waals surface area contributed by atoms with E-state index < -0.39 is 5.91 Å². The van der Waals surface area contributed by atoms with Crippen LogP contribution in [0.15, 0.2) is 18.2 Å². The van der Waals surface area contributed by atoms with Crippen molar-refractivity contribution in [3.05, 3.63) is 23.8 Å². The zero-order valence-corrected chi connectivity index (χ0v) is 11.7. The first-order chi connectivity index (χ1) is 8.68. The molecular formula is C12H17N3OS2. The summed E-state index contributed by atoms with van der Waals surface area (Å²) in [6, 6.07) is 5.32. The number of para-hydroxylation sites is 1. The fourth-order valence-electron chi connectivity index (χ4n) is 1.81. The third-order valence-corrected chi connectivity index (χ3v) is 5.62. The van der Waals surface area contributed by atoms with Crippen LogP contribution in [0, 0.1) is 0 Å². The van der Waals surface area contributed by atoms with E-state index in [2.05, 4.69) is 5.32 Å². The smallest absolute Gasteiger partial charge is 0.250 e. The summed E-state index contributed by atoms with van der Waals surface area (Å²) in [5.74, 6) is 3.11. The highest BCUT2D eigenvalue weighted by Gasteiger charge is 2.15. The molecule has 1 aromatic carbocycles.